The van der Waals surface area contributed by atoms with Crippen molar-refractivity contribution in [2.24, 2.45) is 4.36 Å². The molecule has 10 heteroatoms. The molecule has 0 fully saturated rings. The first-order chi connectivity index (χ1) is 13.9. The normalized spacial score (nSPS) is 11.9. The van der Waals surface area contributed by atoms with Gasteiger partial charge < -0.3 is 5.32 Å². The summed E-state index contributed by atoms with van der Waals surface area (Å²) in [6.45, 7) is 0. The molecule has 0 bridgehead atoms. The van der Waals surface area contributed by atoms with E-state index in [2.05, 4.69) is 19.6 Å². The van der Waals surface area contributed by atoms with Crippen LogP contribution in [0.4, 0.5) is 24.8 Å². The number of nitrogens with one attached hydrogen (secondary N) is 1. The van der Waals surface area contributed by atoms with Crippen molar-refractivity contribution in [1.82, 2.24) is 9.97 Å². The maximum Gasteiger partial charge on any atom is 0.227 e. The van der Waals surface area contributed by atoms with Gasteiger partial charge in [-0.1, -0.05) is 22.3 Å². The Morgan fingerprint density at radius 1 is 1.17 bits per heavy atom. The van der Waals surface area contributed by atoms with E-state index in [1.807, 2.05) is 6.26 Å². The van der Waals surface area contributed by atoms with E-state index in [0.29, 0.717) is 22.5 Å². The van der Waals surface area contributed by atoms with Gasteiger partial charge >= 0.3 is 0 Å². The van der Waals surface area contributed by atoms with Crippen LogP contribution in [0.15, 0.2) is 47.0 Å². The Bertz CT molecular complexity index is 1150. The summed E-state index contributed by atoms with van der Waals surface area (Å²) in [7, 11) is -0.496. The van der Waals surface area contributed by atoms with Crippen molar-refractivity contribution in [3.63, 3.8) is 0 Å². The third-order valence-electron chi connectivity index (χ3n) is 3.72. The smallest absolute Gasteiger partial charge is 0.227 e. The first kappa shape index (κ1) is 20.8. The molecule has 0 aliphatic heterocycles. The van der Waals surface area contributed by atoms with Crippen molar-refractivity contribution in [2.75, 3.05) is 11.6 Å². The van der Waals surface area contributed by atoms with Gasteiger partial charge in [0.15, 0.2) is 5.82 Å². The number of nitrogens with zero attached hydrogens (tertiary/aromatic N) is 4. The standard InChI is InChI=1S/C19H13ClF3N5S/c1-29(26-10-24)9-11-4-12(20)6-14(5-11)27-19-25-8-17(23)18(28-19)15-3-2-13(21)7-16(15)22/h2-8H,9H2,1H3,(H,25,27,28). The molecule has 1 heterocycles. The summed E-state index contributed by atoms with van der Waals surface area (Å²) in [6.07, 6.45) is 4.49. The third-order valence-corrected chi connectivity index (χ3v) is 5.08. The average molecular weight is 436 g/mol. The molecule has 1 unspecified atom stereocenters. The highest BCUT2D eigenvalue weighted by Gasteiger charge is 2.15. The zero-order valence-electron chi connectivity index (χ0n) is 15.0. The lowest BCUT2D eigenvalue weighted by atomic mass is 10.1. The van der Waals surface area contributed by atoms with Gasteiger partial charge in [-0.05, 0) is 42.2 Å². The van der Waals surface area contributed by atoms with Crippen LogP contribution in [-0.2, 0) is 16.4 Å². The van der Waals surface area contributed by atoms with Crippen LogP contribution in [0, 0.1) is 28.9 Å². The second-order valence-corrected chi connectivity index (χ2v) is 8.03. The summed E-state index contributed by atoms with van der Waals surface area (Å²) in [6, 6.07) is 7.91. The molecule has 148 valence electrons. The van der Waals surface area contributed by atoms with E-state index in [4.69, 9.17) is 16.9 Å². The second-order valence-electron chi connectivity index (χ2n) is 5.92. The molecule has 1 N–H and O–H groups in total. The molecular weight excluding hydrogens is 423 g/mol. The number of hydrogen-bond acceptors (Lipinski definition) is 5. The summed E-state index contributed by atoms with van der Waals surface area (Å²) in [5.41, 5.74) is 0.870. The van der Waals surface area contributed by atoms with E-state index >= 15 is 0 Å². The van der Waals surface area contributed by atoms with Crippen LogP contribution in [0.25, 0.3) is 11.3 Å². The molecule has 0 saturated carbocycles. The number of anilines is 2. The predicted molar refractivity (Wildman–Crippen MR) is 107 cm³/mol. The summed E-state index contributed by atoms with van der Waals surface area (Å²) in [5, 5.41) is 12.0. The predicted octanol–water partition coefficient (Wildman–Crippen LogP) is 5.37. The van der Waals surface area contributed by atoms with Crippen LogP contribution in [0.3, 0.4) is 0 Å². The van der Waals surface area contributed by atoms with Crippen LogP contribution in [0.5, 0.6) is 0 Å². The molecule has 29 heavy (non-hydrogen) atoms. The Hall–Kier alpha value is -2.96. The van der Waals surface area contributed by atoms with Crippen molar-refractivity contribution in [3.05, 3.63) is 70.6 Å². The first-order valence-electron chi connectivity index (χ1n) is 8.12. The highest BCUT2D eigenvalue weighted by atomic mass is 35.5. The Balaban J connectivity index is 1.92. The monoisotopic (exact) mass is 435 g/mol. The fraction of sp³-hybridized carbons (Fsp3) is 0.105. The molecule has 0 saturated heterocycles. The molecule has 1 aromatic heterocycles. The topological polar surface area (TPSA) is 74.0 Å². The van der Waals surface area contributed by atoms with Crippen molar-refractivity contribution in [1.29, 1.82) is 5.26 Å². The summed E-state index contributed by atoms with van der Waals surface area (Å²) in [5.74, 6) is -2.03. The molecule has 0 spiro atoms. The van der Waals surface area contributed by atoms with Crippen LogP contribution in [0.1, 0.15) is 5.56 Å². The van der Waals surface area contributed by atoms with Gasteiger partial charge in [0.25, 0.3) is 0 Å². The molecule has 0 aliphatic carbocycles. The number of nitriles is 1. The first-order valence-corrected chi connectivity index (χ1v) is 10.3. The van der Waals surface area contributed by atoms with Crippen molar-refractivity contribution in [2.45, 2.75) is 5.75 Å². The van der Waals surface area contributed by atoms with Crippen LogP contribution < -0.4 is 5.32 Å². The van der Waals surface area contributed by atoms with Crippen molar-refractivity contribution in [3.8, 4) is 17.5 Å². The highest BCUT2D eigenvalue weighted by Crippen LogP contribution is 2.27. The van der Waals surface area contributed by atoms with Crippen molar-refractivity contribution < 1.29 is 13.2 Å². The molecule has 1 atom stereocenters. The van der Waals surface area contributed by atoms with E-state index in [0.717, 1.165) is 23.9 Å². The van der Waals surface area contributed by atoms with Crippen molar-refractivity contribution >= 4 is 33.9 Å². The van der Waals surface area contributed by atoms with Crippen LogP contribution in [0.2, 0.25) is 5.02 Å². The van der Waals surface area contributed by atoms with Gasteiger partial charge in [0.1, 0.15) is 17.3 Å². The Morgan fingerprint density at radius 3 is 2.69 bits per heavy atom. The lowest BCUT2D eigenvalue weighted by molar-refractivity contribution is 0.580. The fourth-order valence-electron chi connectivity index (χ4n) is 2.58. The van der Waals surface area contributed by atoms with E-state index < -0.39 is 28.1 Å². The Kier molecular flexibility index (Phi) is 6.46. The maximum atomic E-state index is 14.1. The minimum absolute atomic E-state index is 0.00977. The second kappa shape index (κ2) is 9.03. The number of aromatic nitrogens is 2. The summed E-state index contributed by atoms with van der Waals surface area (Å²) in [4.78, 5) is 7.88. The molecular formula is C19H13ClF3N5S. The number of rotatable bonds is 5. The van der Waals surface area contributed by atoms with Crippen LogP contribution in [-0.4, -0.2) is 16.2 Å². The van der Waals surface area contributed by atoms with Crippen LogP contribution >= 0.6 is 11.6 Å². The van der Waals surface area contributed by atoms with Gasteiger partial charge in [-0.25, -0.2) is 23.1 Å². The lowest BCUT2D eigenvalue weighted by Gasteiger charge is -2.10. The van der Waals surface area contributed by atoms with Gasteiger partial charge in [0.2, 0.25) is 12.1 Å². The SMILES string of the molecule is CS(Cc1cc(Cl)cc(Nc2ncc(F)c(-c3ccc(F)cc3F)n2)c1)=NC#N. The van der Waals surface area contributed by atoms with Gasteiger partial charge in [0.05, 0.1) is 6.20 Å². The van der Waals surface area contributed by atoms with E-state index in [1.54, 1.807) is 24.4 Å². The minimum Gasteiger partial charge on any atom is -0.324 e. The maximum absolute atomic E-state index is 14.1. The lowest BCUT2D eigenvalue weighted by Crippen LogP contribution is -2.02. The molecule has 0 radical (unpaired) electrons. The number of benzene rings is 2. The Labute approximate surface area is 172 Å². The molecule has 0 aliphatic rings. The zero-order chi connectivity index (χ0) is 21.0. The van der Waals surface area contributed by atoms with Gasteiger partial charge in [-0.15, -0.1) is 0 Å². The summed E-state index contributed by atoms with van der Waals surface area (Å²) >= 11 is 6.15. The summed E-state index contributed by atoms with van der Waals surface area (Å²) < 4.78 is 45.1. The van der Waals surface area contributed by atoms with Gasteiger partial charge in [0, 0.05) is 28.1 Å². The number of hydrogen-bond donors (Lipinski definition) is 1. The highest BCUT2D eigenvalue weighted by molar-refractivity contribution is 7.85. The zero-order valence-corrected chi connectivity index (χ0v) is 16.5. The quantitative estimate of drug-likeness (QED) is 0.547. The molecule has 3 rings (SSSR count). The average Bonchev–Trinajstić information content (AvgIpc) is 2.63. The molecule has 0 amide bonds. The van der Waals surface area contributed by atoms with Gasteiger partial charge in [-0.2, -0.15) is 9.62 Å². The van der Waals surface area contributed by atoms with E-state index in [9.17, 15) is 13.2 Å². The minimum atomic E-state index is -0.935. The van der Waals surface area contributed by atoms with Gasteiger partial charge in [-0.3, -0.25) is 0 Å². The molecule has 2 aromatic carbocycles. The number of halogens is 4. The van der Waals surface area contributed by atoms with E-state index in [1.165, 1.54) is 0 Å². The molecule has 3 aromatic rings. The fourth-order valence-corrected chi connectivity index (χ4v) is 3.69. The Morgan fingerprint density at radius 2 is 1.97 bits per heavy atom. The third kappa shape index (κ3) is 5.31. The molecule has 5 nitrogen and oxygen atoms in total. The van der Waals surface area contributed by atoms with E-state index in [-0.39, 0.29) is 17.2 Å². The largest absolute Gasteiger partial charge is 0.324 e.